The molecule has 0 aromatic heterocycles. The van der Waals surface area contributed by atoms with Gasteiger partial charge in [-0.15, -0.1) is 0 Å². The van der Waals surface area contributed by atoms with Crippen molar-refractivity contribution in [3.63, 3.8) is 0 Å². The fraction of sp³-hybridized carbons (Fsp3) is 0.467. The summed E-state index contributed by atoms with van der Waals surface area (Å²) in [4.78, 5) is 46.1. The number of aliphatic imine (C=N–C) groups is 1. The van der Waals surface area contributed by atoms with E-state index >= 15 is 0 Å². The van der Waals surface area contributed by atoms with Crippen LogP contribution in [0, 0.1) is 0 Å². The molecule has 44 heavy (non-hydrogen) atoms. The van der Waals surface area contributed by atoms with Gasteiger partial charge in [0.25, 0.3) is 0 Å². The van der Waals surface area contributed by atoms with Crippen LogP contribution < -0.4 is 10.5 Å². The van der Waals surface area contributed by atoms with Gasteiger partial charge in [-0.3, -0.25) is 14.4 Å². The summed E-state index contributed by atoms with van der Waals surface area (Å²) >= 11 is 0. The van der Waals surface area contributed by atoms with Crippen molar-refractivity contribution in [3.05, 3.63) is 51.6 Å². The number of methoxy groups -OCH3 is 1. The molecule has 0 amide bonds. The van der Waals surface area contributed by atoms with Gasteiger partial charge in [-0.1, -0.05) is 12.1 Å². The first-order valence-electron chi connectivity index (χ1n) is 14.0. The van der Waals surface area contributed by atoms with Crippen molar-refractivity contribution in [2.45, 2.75) is 62.4 Å². The van der Waals surface area contributed by atoms with Crippen LogP contribution in [0.25, 0.3) is 0 Å². The zero-order valence-electron chi connectivity index (χ0n) is 24.6. The predicted octanol–water partition coefficient (Wildman–Crippen LogP) is -0.0811. The number of benzene rings is 2. The molecule has 1 heterocycles. The fourth-order valence-electron chi connectivity index (χ4n) is 6.10. The molecule has 0 bridgehead atoms. The number of ether oxygens (including phenoxy) is 3. The van der Waals surface area contributed by atoms with E-state index in [1.165, 1.54) is 25.3 Å². The largest absolute Gasteiger partial charge is 0.507 e. The molecule has 14 heteroatoms. The Hall–Kier alpha value is -4.08. The summed E-state index contributed by atoms with van der Waals surface area (Å²) in [5.41, 5.74) is 2.22. The lowest BCUT2D eigenvalue weighted by Gasteiger charge is -2.42. The van der Waals surface area contributed by atoms with Crippen molar-refractivity contribution in [1.82, 2.24) is 4.90 Å². The Balaban J connectivity index is 1.64. The average Bonchev–Trinajstić information content (AvgIpc) is 2.98. The number of nitrogens with two attached hydrogens (primary N) is 1. The van der Waals surface area contributed by atoms with Crippen LogP contribution in [0.2, 0.25) is 0 Å². The highest BCUT2D eigenvalue weighted by atomic mass is 16.7. The molecule has 0 unspecified atom stereocenters. The van der Waals surface area contributed by atoms with Crippen LogP contribution >= 0.6 is 0 Å². The Bertz CT molecular complexity index is 1570. The highest BCUT2D eigenvalue weighted by Gasteiger charge is 2.50. The first kappa shape index (κ1) is 31.3. The Morgan fingerprint density at radius 1 is 1.16 bits per heavy atom. The molecular formula is C30H35N3O11. The molecule has 3 aliphatic rings. The van der Waals surface area contributed by atoms with E-state index < -0.39 is 95.7 Å². The molecule has 1 fully saturated rings. The number of hydrogen-bond acceptors (Lipinski definition) is 12. The Morgan fingerprint density at radius 2 is 1.84 bits per heavy atom. The lowest BCUT2D eigenvalue weighted by molar-refractivity contribution is -0.247. The average molecular weight is 614 g/mol. The van der Waals surface area contributed by atoms with Crippen LogP contribution in [0.3, 0.4) is 0 Å². The molecule has 14 nitrogen and oxygen atoms in total. The summed E-state index contributed by atoms with van der Waals surface area (Å²) in [5.74, 6) is -3.71. The first-order chi connectivity index (χ1) is 20.7. The second-order valence-corrected chi connectivity index (χ2v) is 11.4. The van der Waals surface area contributed by atoms with Crippen LogP contribution in [-0.2, 0) is 20.7 Å². The molecule has 2 aromatic rings. The number of Topliss-reactive ketones (excluding diaryl/α,β-unsaturated/α-hetero) is 1. The maximum absolute atomic E-state index is 13.8. The number of carbonyl (C=O) groups is 3. The third-order valence-electron chi connectivity index (χ3n) is 8.49. The Labute approximate surface area is 252 Å². The van der Waals surface area contributed by atoms with Gasteiger partial charge in [-0.05, 0) is 13.0 Å². The number of fused-ring (bicyclic) bond motifs is 3. The third kappa shape index (κ3) is 4.98. The molecule has 1 saturated heterocycles. The second-order valence-electron chi connectivity index (χ2n) is 11.4. The van der Waals surface area contributed by atoms with Gasteiger partial charge in [0, 0.05) is 50.0 Å². The van der Waals surface area contributed by atoms with E-state index in [2.05, 4.69) is 4.99 Å². The van der Waals surface area contributed by atoms with Gasteiger partial charge in [0.15, 0.2) is 23.8 Å². The molecule has 5 rings (SSSR count). The number of aliphatic hydroxyl groups is 3. The van der Waals surface area contributed by atoms with Crippen molar-refractivity contribution in [2.75, 3.05) is 27.8 Å². The molecular weight excluding hydrogens is 578 g/mol. The van der Waals surface area contributed by atoms with Gasteiger partial charge < -0.3 is 50.4 Å². The number of aliphatic hydroxyl groups excluding tert-OH is 2. The monoisotopic (exact) mass is 613 g/mol. The maximum Gasteiger partial charge on any atom is 0.202 e. The number of hydrogen-bond donors (Lipinski definition) is 6. The predicted molar refractivity (Wildman–Crippen MR) is 153 cm³/mol. The molecule has 0 radical (unpaired) electrons. The zero-order chi connectivity index (χ0) is 32.2. The van der Waals surface area contributed by atoms with E-state index in [0.29, 0.717) is 0 Å². The van der Waals surface area contributed by atoms with Crippen molar-refractivity contribution in [2.24, 2.45) is 10.7 Å². The number of aromatic hydroxyl groups is 2. The highest BCUT2D eigenvalue weighted by molar-refractivity contribution is 6.31. The van der Waals surface area contributed by atoms with Crippen LogP contribution in [0.5, 0.6) is 17.2 Å². The normalized spacial score (nSPS) is 28.2. The maximum atomic E-state index is 13.8. The smallest absolute Gasteiger partial charge is 0.202 e. The first-order valence-corrected chi connectivity index (χ1v) is 14.0. The summed E-state index contributed by atoms with van der Waals surface area (Å²) in [6, 6.07) is 3.58. The van der Waals surface area contributed by atoms with Gasteiger partial charge in [-0.2, -0.15) is 0 Å². The van der Waals surface area contributed by atoms with E-state index in [1.807, 2.05) is 0 Å². The van der Waals surface area contributed by atoms with Crippen LogP contribution in [0.4, 0.5) is 0 Å². The number of carbonyl (C=O) groups excluding carboxylic acids is 3. The summed E-state index contributed by atoms with van der Waals surface area (Å²) in [6.45, 7) is 0.550. The molecule has 1 aliphatic heterocycles. The van der Waals surface area contributed by atoms with Crippen molar-refractivity contribution in [3.8, 4) is 17.2 Å². The minimum absolute atomic E-state index is 0.0298. The van der Waals surface area contributed by atoms with Gasteiger partial charge in [0.05, 0.1) is 42.0 Å². The SMILES string of the molecule is COc1cccc2c1C(=O)c1c(O)c3c(c(O)c1C2=O)C[C@@](O)(C(=O)CO)C[C@@H]3O[C@H]1C[C@H](N=C(N)N(C)C)[C@@H](O)[C@H](C)O1. The minimum atomic E-state index is -2.28. The van der Waals surface area contributed by atoms with Crippen molar-refractivity contribution in [1.29, 1.82) is 0 Å². The lowest BCUT2D eigenvalue weighted by Crippen LogP contribution is -2.50. The van der Waals surface area contributed by atoms with Crippen LogP contribution in [-0.4, -0.2) is 112 Å². The number of nitrogens with zero attached hydrogens (tertiary/aromatic N) is 2. The lowest BCUT2D eigenvalue weighted by atomic mass is 9.72. The summed E-state index contributed by atoms with van der Waals surface area (Å²) in [7, 11) is 4.67. The van der Waals surface area contributed by atoms with Crippen LogP contribution in [0.1, 0.15) is 68.8 Å². The molecule has 0 saturated carbocycles. The number of phenols is 2. The van der Waals surface area contributed by atoms with E-state index in [1.54, 1.807) is 25.9 Å². The third-order valence-corrected chi connectivity index (χ3v) is 8.49. The second kappa shape index (κ2) is 11.4. The fourth-order valence-corrected chi connectivity index (χ4v) is 6.10. The van der Waals surface area contributed by atoms with E-state index in [-0.39, 0.29) is 40.4 Å². The topological polar surface area (TPSA) is 222 Å². The van der Waals surface area contributed by atoms with Gasteiger partial charge in [-0.25, -0.2) is 4.99 Å². The molecule has 6 atom stereocenters. The van der Waals surface area contributed by atoms with Crippen molar-refractivity contribution < 1.29 is 54.1 Å². The minimum Gasteiger partial charge on any atom is -0.507 e. The summed E-state index contributed by atoms with van der Waals surface area (Å²) < 4.78 is 17.3. The Kier molecular flexibility index (Phi) is 8.16. The molecule has 2 aromatic carbocycles. The molecule has 0 spiro atoms. The highest BCUT2D eigenvalue weighted by Crippen LogP contribution is 2.52. The number of guanidine groups is 1. The molecule has 7 N–H and O–H groups in total. The summed E-state index contributed by atoms with van der Waals surface area (Å²) in [6.07, 6.45) is -5.49. The van der Waals surface area contributed by atoms with E-state index in [0.717, 1.165) is 0 Å². The van der Waals surface area contributed by atoms with Gasteiger partial charge >= 0.3 is 0 Å². The standard InChI is InChI=1S/C30H35N3O11/c1-12-24(36)15(32-29(31)33(2)3)8-19(43-12)44-17-10-30(41,18(35)11-34)9-14-21(17)28(40)23-22(26(14)38)25(37)13-6-5-7-16(42-4)20(13)27(23)39/h5-7,12,15,17,19,24,34,36,38,40-41H,8-11H2,1-4H3,(H2,31,32)/t12-,15-,17-,19-,24-,30-/m0/s1. The molecule has 2 aliphatic carbocycles. The number of rotatable bonds is 6. The molecule has 236 valence electrons. The Morgan fingerprint density at radius 3 is 2.48 bits per heavy atom. The summed E-state index contributed by atoms with van der Waals surface area (Å²) in [5, 5.41) is 54.8. The van der Waals surface area contributed by atoms with Gasteiger partial charge in [0.2, 0.25) is 5.78 Å². The van der Waals surface area contributed by atoms with Crippen molar-refractivity contribution >= 4 is 23.3 Å². The zero-order valence-corrected chi connectivity index (χ0v) is 24.6. The number of phenolic OH excluding ortho intramolecular Hbond substituents is 2. The van der Waals surface area contributed by atoms with Crippen LogP contribution in [0.15, 0.2) is 23.2 Å². The quantitative estimate of drug-likeness (QED) is 0.122. The van der Waals surface area contributed by atoms with E-state index in [9.17, 15) is 39.9 Å². The van der Waals surface area contributed by atoms with E-state index in [4.69, 9.17) is 19.9 Å². The van der Waals surface area contributed by atoms with Gasteiger partial charge in [0.1, 0.15) is 35.6 Å². The number of ketones is 3.